The molecule has 0 saturated heterocycles. The van der Waals surface area contributed by atoms with Crippen LogP contribution in [0, 0.1) is 0 Å². The molecule has 27 heavy (non-hydrogen) atoms. The number of aromatic hydroxyl groups is 1. The Bertz CT molecular complexity index is 1120. The van der Waals surface area contributed by atoms with Gasteiger partial charge in [-0.25, -0.2) is 15.0 Å². The molecule has 0 unspecified atom stereocenters. The molecule has 0 bridgehead atoms. The van der Waals surface area contributed by atoms with Crippen molar-refractivity contribution in [2.75, 3.05) is 11.9 Å². The van der Waals surface area contributed by atoms with E-state index in [1.807, 2.05) is 48.5 Å². The Morgan fingerprint density at radius 2 is 2.00 bits per heavy atom. The summed E-state index contributed by atoms with van der Waals surface area (Å²) in [6, 6.07) is 15.0. The maximum absolute atomic E-state index is 10.4. The third-order valence-corrected chi connectivity index (χ3v) is 4.48. The van der Waals surface area contributed by atoms with E-state index < -0.39 is 0 Å². The largest absolute Gasteiger partial charge is 0.493 e. The van der Waals surface area contributed by atoms with E-state index in [-0.39, 0.29) is 18.5 Å². The number of imidazole rings is 1. The lowest BCUT2D eigenvalue weighted by Gasteiger charge is -2.17. The molecular formula is C20H19N5O2. The highest BCUT2D eigenvalue weighted by Crippen LogP contribution is 2.25. The van der Waals surface area contributed by atoms with Crippen LogP contribution in [0.25, 0.3) is 6.08 Å². The Labute approximate surface area is 155 Å². The molecular weight excluding hydrogens is 342 g/mol. The molecule has 0 saturated carbocycles. The monoisotopic (exact) mass is 361 g/mol. The molecule has 0 aliphatic carbocycles. The number of aliphatic imine (C=N–C) groups is 1. The fourth-order valence-corrected chi connectivity index (χ4v) is 2.97. The van der Waals surface area contributed by atoms with Crippen molar-refractivity contribution < 1.29 is 10.2 Å². The molecule has 3 aromatic rings. The molecule has 1 aromatic heterocycles. The third kappa shape index (κ3) is 3.32. The SMILES string of the molecule is Cn1c(N[C@H](CO)c2ccccc2)nc(/C=c2\ccc3c(c2)N=CN=3)c1O. The minimum absolute atomic E-state index is 0.0379. The quantitative estimate of drug-likeness (QED) is 0.640. The van der Waals surface area contributed by atoms with Crippen molar-refractivity contribution in [3.63, 3.8) is 0 Å². The van der Waals surface area contributed by atoms with Crippen molar-refractivity contribution in [3.05, 3.63) is 70.4 Å². The highest BCUT2D eigenvalue weighted by Gasteiger charge is 2.17. The molecule has 4 rings (SSSR count). The molecule has 0 fully saturated rings. The number of anilines is 1. The number of hydrogen-bond donors (Lipinski definition) is 3. The molecule has 2 aromatic carbocycles. The van der Waals surface area contributed by atoms with Gasteiger partial charge in [0.2, 0.25) is 11.8 Å². The maximum Gasteiger partial charge on any atom is 0.220 e. The molecule has 1 aliphatic rings. The number of aromatic nitrogens is 2. The van der Waals surface area contributed by atoms with E-state index in [1.54, 1.807) is 17.7 Å². The molecule has 0 radical (unpaired) electrons. The predicted molar refractivity (Wildman–Crippen MR) is 104 cm³/mol. The molecule has 0 amide bonds. The summed E-state index contributed by atoms with van der Waals surface area (Å²) < 4.78 is 1.55. The number of benzene rings is 2. The van der Waals surface area contributed by atoms with Gasteiger partial charge in [0.15, 0.2) is 0 Å². The zero-order valence-corrected chi connectivity index (χ0v) is 14.7. The fourth-order valence-electron chi connectivity index (χ4n) is 2.97. The highest BCUT2D eigenvalue weighted by atomic mass is 16.3. The zero-order chi connectivity index (χ0) is 18.8. The van der Waals surface area contributed by atoms with Gasteiger partial charge in [0.25, 0.3) is 0 Å². The molecule has 1 aliphatic heterocycles. The molecule has 1 atom stereocenters. The number of fused-ring (bicyclic) bond motifs is 1. The molecule has 7 nitrogen and oxygen atoms in total. The van der Waals surface area contributed by atoms with Crippen molar-refractivity contribution in [1.29, 1.82) is 0 Å². The Kier molecular flexibility index (Phi) is 4.43. The first-order valence-corrected chi connectivity index (χ1v) is 8.56. The van der Waals surface area contributed by atoms with Crippen LogP contribution in [0.15, 0.2) is 58.5 Å². The summed E-state index contributed by atoms with van der Waals surface area (Å²) in [5, 5.41) is 25.1. The van der Waals surface area contributed by atoms with Crippen LogP contribution in [0.3, 0.4) is 0 Å². The van der Waals surface area contributed by atoms with Crippen molar-refractivity contribution >= 4 is 24.1 Å². The second kappa shape index (κ2) is 7.05. The summed E-state index contributed by atoms with van der Waals surface area (Å²) in [5.74, 6) is 0.506. The van der Waals surface area contributed by atoms with E-state index in [1.165, 1.54) is 6.34 Å². The molecule has 3 N–H and O–H groups in total. The lowest BCUT2D eigenvalue weighted by Crippen LogP contribution is -2.17. The Morgan fingerprint density at radius 1 is 1.19 bits per heavy atom. The van der Waals surface area contributed by atoms with Crippen LogP contribution in [0.2, 0.25) is 0 Å². The van der Waals surface area contributed by atoms with Gasteiger partial charge < -0.3 is 15.5 Å². The number of nitrogens with zero attached hydrogens (tertiary/aromatic N) is 4. The van der Waals surface area contributed by atoms with E-state index in [0.717, 1.165) is 21.8 Å². The van der Waals surface area contributed by atoms with Gasteiger partial charge in [0.1, 0.15) is 12.0 Å². The second-order valence-corrected chi connectivity index (χ2v) is 6.26. The van der Waals surface area contributed by atoms with E-state index in [0.29, 0.717) is 11.6 Å². The van der Waals surface area contributed by atoms with Crippen LogP contribution in [0.5, 0.6) is 5.88 Å². The summed E-state index contributed by atoms with van der Waals surface area (Å²) in [6.07, 6.45) is 3.30. The van der Waals surface area contributed by atoms with Crippen LogP contribution in [-0.4, -0.2) is 32.7 Å². The minimum Gasteiger partial charge on any atom is -0.493 e. The minimum atomic E-state index is -0.324. The van der Waals surface area contributed by atoms with Crippen LogP contribution >= 0.6 is 0 Å². The smallest absolute Gasteiger partial charge is 0.220 e. The summed E-state index contributed by atoms with van der Waals surface area (Å²) in [4.78, 5) is 12.8. The summed E-state index contributed by atoms with van der Waals surface area (Å²) in [6.45, 7) is -0.0942. The lowest BCUT2D eigenvalue weighted by molar-refractivity contribution is 0.275. The van der Waals surface area contributed by atoms with E-state index in [4.69, 9.17) is 0 Å². The van der Waals surface area contributed by atoms with Crippen LogP contribution in [0.1, 0.15) is 17.3 Å². The van der Waals surface area contributed by atoms with Crippen LogP contribution < -0.4 is 15.9 Å². The van der Waals surface area contributed by atoms with E-state index in [2.05, 4.69) is 20.3 Å². The van der Waals surface area contributed by atoms with Crippen LogP contribution in [0.4, 0.5) is 11.6 Å². The normalized spacial score (nSPS) is 14.1. The van der Waals surface area contributed by atoms with Gasteiger partial charge in [-0.15, -0.1) is 0 Å². The van der Waals surface area contributed by atoms with Gasteiger partial charge in [0, 0.05) is 7.05 Å². The second-order valence-electron chi connectivity index (χ2n) is 6.26. The Hall–Kier alpha value is -3.45. The highest BCUT2D eigenvalue weighted by molar-refractivity contribution is 5.67. The van der Waals surface area contributed by atoms with Gasteiger partial charge in [-0.2, -0.15) is 0 Å². The van der Waals surface area contributed by atoms with Gasteiger partial charge in [-0.3, -0.25) is 4.57 Å². The maximum atomic E-state index is 10.4. The molecule has 7 heteroatoms. The van der Waals surface area contributed by atoms with Crippen molar-refractivity contribution in [3.8, 4) is 5.88 Å². The van der Waals surface area contributed by atoms with Crippen molar-refractivity contribution in [2.45, 2.75) is 6.04 Å². The topological polar surface area (TPSA) is 95.0 Å². The Morgan fingerprint density at radius 3 is 2.78 bits per heavy atom. The average Bonchev–Trinajstić information content (AvgIpc) is 3.27. The number of rotatable bonds is 5. The standard InChI is InChI=1S/C20H19N5O2/c1-25-19(27)17(10-13-7-8-15-16(9-13)22-12-21-15)23-20(25)24-18(11-26)14-5-3-2-4-6-14/h2-10,12,18,26-27H,11H2,1H3,(H,23,24)/b13-10+/t18-/m1/s1. The number of hydrogen-bond acceptors (Lipinski definition) is 6. The van der Waals surface area contributed by atoms with Gasteiger partial charge in [-0.05, 0) is 29.0 Å². The number of aliphatic hydroxyl groups is 1. The summed E-state index contributed by atoms with van der Waals surface area (Å²) >= 11 is 0. The molecule has 136 valence electrons. The first-order valence-electron chi connectivity index (χ1n) is 8.56. The third-order valence-electron chi connectivity index (χ3n) is 4.48. The average molecular weight is 361 g/mol. The number of nitrogens with one attached hydrogen (secondary N) is 1. The van der Waals surface area contributed by atoms with Gasteiger partial charge >= 0.3 is 0 Å². The number of aliphatic hydroxyl groups excluding tert-OH is 1. The van der Waals surface area contributed by atoms with Gasteiger partial charge in [-0.1, -0.05) is 36.4 Å². The Balaban J connectivity index is 1.66. The predicted octanol–water partition coefficient (Wildman–Crippen LogP) is 1.39. The van der Waals surface area contributed by atoms with E-state index in [9.17, 15) is 10.2 Å². The molecule has 2 heterocycles. The fraction of sp³-hybridized carbons (Fsp3) is 0.150. The molecule has 0 spiro atoms. The van der Waals surface area contributed by atoms with Crippen LogP contribution in [-0.2, 0) is 7.05 Å². The van der Waals surface area contributed by atoms with E-state index >= 15 is 0 Å². The van der Waals surface area contributed by atoms with Crippen molar-refractivity contribution in [2.24, 2.45) is 17.0 Å². The summed E-state index contributed by atoms with van der Waals surface area (Å²) in [7, 11) is 1.72. The van der Waals surface area contributed by atoms with Crippen molar-refractivity contribution in [1.82, 2.24) is 9.55 Å². The van der Waals surface area contributed by atoms with Gasteiger partial charge in [0.05, 0.1) is 23.7 Å². The first kappa shape index (κ1) is 17.0. The lowest BCUT2D eigenvalue weighted by atomic mass is 10.1. The first-order chi connectivity index (χ1) is 13.2. The summed E-state index contributed by atoms with van der Waals surface area (Å²) in [5.41, 5.74) is 2.17. The zero-order valence-electron chi connectivity index (χ0n) is 14.7.